The number of fused-ring (bicyclic) bond motifs is 1. The standard InChI is InChI=1S/C19H23N3O3S.ClH/c1-21(2)26(24,25)16-9-8-15-10-11-22(18(15)13-16)19(23)17(20)12-14-6-4-3-5-7-14;/h3-9,13,17H,10-12,20H2,1-2H3;1H/t17-;/m0./s1. The summed E-state index contributed by atoms with van der Waals surface area (Å²) in [6.45, 7) is 0.516. The first-order valence-electron chi connectivity index (χ1n) is 8.47. The van der Waals surface area contributed by atoms with Crippen molar-refractivity contribution in [3.63, 3.8) is 0 Å². The van der Waals surface area contributed by atoms with Gasteiger partial charge in [-0.25, -0.2) is 12.7 Å². The van der Waals surface area contributed by atoms with Crippen molar-refractivity contribution in [2.24, 2.45) is 5.73 Å². The highest BCUT2D eigenvalue weighted by molar-refractivity contribution is 7.89. The molecule has 1 aliphatic rings. The molecule has 3 rings (SSSR count). The van der Waals surface area contributed by atoms with Crippen molar-refractivity contribution in [2.75, 3.05) is 25.5 Å². The second-order valence-electron chi connectivity index (χ2n) is 6.61. The van der Waals surface area contributed by atoms with Crippen LogP contribution in [0.4, 0.5) is 5.69 Å². The lowest BCUT2D eigenvalue weighted by Crippen LogP contribution is -2.44. The van der Waals surface area contributed by atoms with Gasteiger partial charge in [0.1, 0.15) is 0 Å². The van der Waals surface area contributed by atoms with Crippen LogP contribution in [0.25, 0.3) is 0 Å². The van der Waals surface area contributed by atoms with Crippen molar-refractivity contribution in [2.45, 2.75) is 23.8 Å². The number of hydrogen-bond donors (Lipinski definition) is 1. The number of nitrogens with zero attached hydrogens (tertiary/aromatic N) is 2. The fourth-order valence-electron chi connectivity index (χ4n) is 3.11. The number of rotatable bonds is 5. The highest BCUT2D eigenvalue weighted by Crippen LogP contribution is 2.31. The number of carbonyl (C=O) groups excluding carboxylic acids is 1. The highest BCUT2D eigenvalue weighted by atomic mass is 35.5. The second-order valence-corrected chi connectivity index (χ2v) is 8.77. The van der Waals surface area contributed by atoms with E-state index in [-0.39, 0.29) is 23.2 Å². The van der Waals surface area contributed by atoms with Gasteiger partial charge in [0.05, 0.1) is 10.9 Å². The maximum atomic E-state index is 12.8. The number of anilines is 1. The molecule has 0 bridgehead atoms. The van der Waals surface area contributed by atoms with Crippen LogP contribution in [-0.2, 0) is 27.7 Å². The lowest BCUT2D eigenvalue weighted by Gasteiger charge is -2.22. The summed E-state index contributed by atoms with van der Waals surface area (Å²) in [5, 5.41) is 0. The van der Waals surface area contributed by atoms with Gasteiger partial charge in [0, 0.05) is 26.3 Å². The summed E-state index contributed by atoms with van der Waals surface area (Å²) in [7, 11) is -0.578. The Hall–Kier alpha value is -1.93. The summed E-state index contributed by atoms with van der Waals surface area (Å²) in [6, 6.07) is 13.9. The summed E-state index contributed by atoms with van der Waals surface area (Å²) in [4.78, 5) is 14.6. The van der Waals surface area contributed by atoms with E-state index in [0.29, 0.717) is 25.1 Å². The molecule has 1 aliphatic heterocycles. The third-order valence-electron chi connectivity index (χ3n) is 4.61. The minimum Gasteiger partial charge on any atom is -0.320 e. The third kappa shape index (κ3) is 4.32. The zero-order valence-corrected chi connectivity index (χ0v) is 17.0. The van der Waals surface area contributed by atoms with Crippen LogP contribution in [0.2, 0.25) is 0 Å². The lowest BCUT2D eigenvalue weighted by atomic mass is 10.1. The Morgan fingerprint density at radius 3 is 2.48 bits per heavy atom. The maximum Gasteiger partial charge on any atom is 0.244 e. The van der Waals surface area contributed by atoms with Crippen LogP contribution >= 0.6 is 12.4 Å². The van der Waals surface area contributed by atoms with E-state index in [1.54, 1.807) is 23.1 Å². The first kappa shape index (κ1) is 21.4. The van der Waals surface area contributed by atoms with E-state index < -0.39 is 16.1 Å². The van der Waals surface area contributed by atoms with Crippen LogP contribution in [0.15, 0.2) is 53.4 Å². The van der Waals surface area contributed by atoms with Gasteiger partial charge in [0.2, 0.25) is 15.9 Å². The zero-order valence-electron chi connectivity index (χ0n) is 15.3. The third-order valence-corrected chi connectivity index (χ3v) is 6.42. The molecule has 0 saturated heterocycles. The summed E-state index contributed by atoms with van der Waals surface area (Å²) < 4.78 is 25.9. The van der Waals surface area contributed by atoms with Crippen molar-refractivity contribution in [3.8, 4) is 0 Å². The van der Waals surface area contributed by atoms with Gasteiger partial charge in [-0.2, -0.15) is 0 Å². The summed E-state index contributed by atoms with van der Waals surface area (Å²) >= 11 is 0. The van der Waals surface area contributed by atoms with Gasteiger partial charge in [-0.15, -0.1) is 12.4 Å². The van der Waals surface area contributed by atoms with Crippen LogP contribution in [0, 0.1) is 0 Å². The normalized spacial score (nSPS) is 14.6. The molecule has 1 amide bonds. The molecule has 0 saturated carbocycles. The number of amides is 1. The fraction of sp³-hybridized carbons (Fsp3) is 0.316. The first-order chi connectivity index (χ1) is 12.3. The molecule has 1 heterocycles. The average Bonchev–Trinajstić information content (AvgIpc) is 3.04. The number of sulfonamides is 1. The van der Waals surface area contributed by atoms with Gasteiger partial charge in [-0.05, 0) is 36.1 Å². The monoisotopic (exact) mass is 409 g/mol. The molecule has 0 fully saturated rings. The number of carbonyl (C=O) groups is 1. The van der Waals surface area contributed by atoms with Gasteiger partial charge in [0.15, 0.2) is 0 Å². The molecule has 6 nitrogen and oxygen atoms in total. The smallest absolute Gasteiger partial charge is 0.244 e. The van der Waals surface area contributed by atoms with Crippen molar-refractivity contribution in [1.29, 1.82) is 0 Å². The molecule has 0 spiro atoms. The van der Waals surface area contributed by atoms with Crippen LogP contribution in [0.3, 0.4) is 0 Å². The molecule has 2 aromatic carbocycles. The molecule has 27 heavy (non-hydrogen) atoms. The van der Waals surface area contributed by atoms with E-state index in [2.05, 4.69) is 0 Å². The Morgan fingerprint density at radius 1 is 1.19 bits per heavy atom. The molecule has 1 atom stereocenters. The average molecular weight is 410 g/mol. The summed E-state index contributed by atoms with van der Waals surface area (Å²) in [5.41, 5.74) is 8.74. The minimum absolute atomic E-state index is 0. The Balaban J connectivity index is 0.00000261. The van der Waals surface area contributed by atoms with E-state index in [4.69, 9.17) is 5.73 Å². The first-order valence-corrected chi connectivity index (χ1v) is 9.91. The molecular formula is C19H24ClN3O3S. The molecule has 0 radical (unpaired) electrons. The second kappa shape index (κ2) is 8.39. The Kier molecular flexibility index (Phi) is 6.64. The van der Waals surface area contributed by atoms with Gasteiger partial charge in [0.25, 0.3) is 0 Å². The van der Waals surface area contributed by atoms with Crippen LogP contribution in [0.5, 0.6) is 0 Å². The lowest BCUT2D eigenvalue weighted by molar-refractivity contribution is -0.119. The van der Waals surface area contributed by atoms with E-state index in [0.717, 1.165) is 15.4 Å². The molecule has 8 heteroatoms. The SMILES string of the molecule is CN(C)S(=O)(=O)c1ccc2c(c1)N(C(=O)[C@@H](N)Cc1ccccc1)CC2.Cl. The molecule has 0 aromatic heterocycles. The van der Waals surface area contributed by atoms with E-state index in [1.165, 1.54) is 14.1 Å². The predicted molar refractivity (Wildman–Crippen MR) is 109 cm³/mol. The molecular weight excluding hydrogens is 386 g/mol. The highest BCUT2D eigenvalue weighted by Gasteiger charge is 2.30. The number of benzene rings is 2. The van der Waals surface area contributed by atoms with Crippen LogP contribution in [-0.4, -0.2) is 45.3 Å². The van der Waals surface area contributed by atoms with Crippen molar-refractivity contribution >= 4 is 34.0 Å². The fourth-order valence-corrected chi connectivity index (χ4v) is 4.04. The van der Waals surface area contributed by atoms with E-state index in [1.807, 2.05) is 30.3 Å². The van der Waals surface area contributed by atoms with Crippen LogP contribution < -0.4 is 10.6 Å². The molecule has 0 unspecified atom stereocenters. The van der Waals surface area contributed by atoms with Crippen molar-refractivity contribution in [3.05, 3.63) is 59.7 Å². The van der Waals surface area contributed by atoms with Crippen molar-refractivity contribution in [1.82, 2.24) is 4.31 Å². The maximum absolute atomic E-state index is 12.8. The number of nitrogens with two attached hydrogens (primary N) is 1. The Labute approximate surface area is 166 Å². The van der Waals surface area contributed by atoms with Crippen molar-refractivity contribution < 1.29 is 13.2 Å². The summed E-state index contributed by atoms with van der Waals surface area (Å²) in [6.07, 6.45) is 1.14. The molecule has 146 valence electrons. The number of halogens is 1. The summed E-state index contributed by atoms with van der Waals surface area (Å²) in [5.74, 6) is -0.188. The topological polar surface area (TPSA) is 83.7 Å². The predicted octanol–water partition coefficient (Wildman–Crippen LogP) is 1.82. The van der Waals surface area contributed by atoms with Gasteiger partial charge in [-0.3, -0.25) is 4.79 Å². The zero-order chi connectivity index (χ0) is 18.9. The van der Waals surface area contributed by atoms with Crippen LogP contribution in [0.1, 0.15) is 11.1 Å². The van der Waals surface area contributed by atoms with E-state index >= 15 is 0 Å². The Bertz CT molecular complexity index is 917. The quantitative estimate of drug-likeness (QED) is 0.816. The largest absolute Gasteiger partial charge is 0.320 e. The minimum atomic E-state index is -3.55. The van der Waals surface area contributed by atoms with E-state index in [9.17, 15) is 13.2 Å². The van der Waals surface area contributed by atoms with Gasteiger partial charge < -0.3 is 10.6 Å². The molecule has 2 N–H and O–H groups in total. The Morgan fingerprint density at radius 2 is 1.85 bits per heavy atom. The van der Waals surface area contributed by atoms with Gasteiger partial charge in [-0.1, -0.05) is 36.4 Å². The number of hydrogen-bond acceptors (Lipinski definition) is 4. The van der Waals surface area contributed by atoms with Gasteiger partial charge >= 0.3 is 0 Å². The molecule has 2 aromatic rings. The molecule has 0 aliphatic carbocycles.